The molecule has 0 aliphatic carbocycles. The summed E-state index contributed by atoms with van der Waals surface area (Å²) in [6, 6.07) is 7.63. The Balaban J connectivity index is 1.52. The molecule has 0 radical (unpaired) electrons. The van der Waals surface area contributed by atoms with E-state index in [1.165, 1.54) is 0 Å². The Morgan fingerprint density at radius 3 is 2.03 bits per heavy atom. The minimum Gasteiger partial charge on any atom is -0.340 e. The monoisotopic (exact) mass is 421 g/mol. The molecule has 3 rings (SSSR count). The first-order chi connectivity index (χ1) is 13.9. The van der Waals surface area contributed by atoms with Crippen molar-refractivity contribution in [3.63, 3.8) is 0 Å². The van der Waals surface area contributed by atoms with Gasteiger partial charge in [0.2, 0.25) is 15.9 Å². The van der Waals surface area contributed by atoms with Gasteiger partial charge in [-0.15, -0.1) is 0 Å². The van der Waals surface area contributed by atoms with Crippen molar-refractivity contribution in [1.29, 1.82) is 0 Å². The topological polar surface area (TPSA) is 60.9 Å². The van der Waals surface area contributed by atoms with Crippen LogP contribution in [-0.2, 0) is 21.2 Å². The van der Waals surface area contributed by atoms with Crippen LogP contribution in [0, 0.1) is 0 Å². The number of sulfonamides is 1. The molecule has 1 aromatic carbocycles. The fraction of sp³-hybridized carbons (Fsp3) is 0.682. The van der Waals surface area contributed by atoms with Crippen molar-refractivity contribution in [2.75, 3.05) is 39.3 Å². The van der Waals surface area contributed by atoms with E-state index in [4.69, 9.17) is 0 Å². The second-order valence-corrected chi connectivity index (χ2v) is 10.4. The van der Waals surface area contributed by atoms with Crippen LogP contribution < -0.4 is 0 Å². The smallest absolute Gasteiger partial charge is 0.243 e. The van der Waals surface area contributed by atoms with Crippen LogP contribution in [0.25, 0.3) is 0 Å². The van der Waals surface area contributed by atoms with Gasteiger partial charge in [-0.25, -0.2) is 8.42 Å². The van der Waals surface area contributed by atoms with Crippen molar-refractivity contribution in [2.45, 2.75) is 63.3 Å². The zero-order chi connectivity index (χ0) is 20.9. The predicted octanol–water partition coefficient (Wildman–Crippen LogP) is 2.74. The lowest BCUT2D eigenvalue weighted by Crippen LogP contribution is -2.50. The Morgan fingerprint density at radius 1 is 0.897 bits per heavy atom. The van der Waals surface area contributed by atoms with Crippen molar-refractivity contribution in [3.05, 3.63) is 29.8 Å². The third-order valence-electron chi connectivity index (χ3n) is 6.15. The lowest BCUT2D eigenvalue weighted by Gasteiger charge is -2.37. The van der Waals surface area contributed by atoms with Gasteiger partial charge in [-0.3, -0.25) is 9.69 Å². The average Bonchev–Trinajstić information content (AvgIpc) is 3.02. The number of hydrogen-bond donors (Lipinski definition) is 0. The fourth-order valence-electron chi connectivity index (χ4n) is 4.16. The van der Waals surface area contributed by atoms with Gasteiger partial charge in [0.15, 0.2) is 0 Å². The zero-order valence-electron chi connectivity index (χ0n) is 17.8. The van der Waals surface area contributed by atoms with Crippen molar-refractivity contribution in [1.82, 2.24) is 14.1 Å². The molecule has 2 aliphatic rings. The zero-order valence-corrected chi connectivity index (χ0v) is 18.7. The Hall–Kier alpha value is -1.44. The Morgan fingerprint density at radius 2 is 1.48 bits per heavy atom. The molecule has 0 unspecified atom stereocenters. The maximum Gasteiger partial charge on any atom is 0.243 e. The molecule has 29 heavy (non-hydrogen) atoms. The molecule has 1 amide bonds. The largest absolute Gasteiger partial charge is 0.340 e. The van der Waals surface area contributed by atoms with Gasteiger partial charge < -0.3 is 4.90 Å². The first kappa shape index (κ1) is 22.2. The summed E-state index contributed by atoms with van der Waals surface area (Å²) in [4.78, 5) is 17.2. The average molecular weight is 422 g/mol. The Kier molecular flexibility index (Phi) is 7.71. The highest BCUT2D eigenvalue weighted by Gasteiger charge is 2.25. The van der Waals surface area contributed by atoms with Crippen LogP contribution in [0.3, 0.4) is 0 Å². The van der Waals surface area contributed by atoms with E-state index in [9.17, 15) is 13.2 Å². The maximum absolute atomic E-state index is 12.9. The number of carbonyl (C=O) groups excluding carboxylic acids is 1. The Labute approximate surface area is 175 Å². The summed E-state index contributed by atoms with van der Waals surface area (Å²) in [6.07, 6.45) is 5.19. The molecule has 1 aromatic rings. The summed E-state index contributed by atoms with van der Waals surface area (Å²) in [7, 11) is -3.41. The highest BCUT2D eigenvalue weighted by Crippen LogP contribution is 2.21. The number of nitrogens with zero attached hydrogens (tertiary/aromatic N) is 3. The van der Waals surface area contributed by atoms with E-state index in [0.29, 0.717) is 36.9 Å². The third kappa shape index (κ3) is 5.80. The van der Waals surface area contributed by atoms with E-state index in [2.05, 4.69) is 18.7 Å². The highest BCUT2D eigenvalue weighted by atomic mass is 32.2. The lowest BCUT2D eigenvalue weighted by molar-refractivity contribution is -0.133. The first-order valence-electron chi connectivity index (χ1n) is 11.0. The summed E-state index contributed by atoms with van der Waals surface area (Å²) < 4.78 is 27.3. The van der Waals surface area contributed by atoms with E-state index in [-0.39, 0.29) is 5.91 Å². The standard InChI is InChI=1S/C22H35N3O3S/c1-19(2)23-15-17-24(18-16-23)22(26)12-9-20-7-10-21(11-8-20)29(27,28)25-13-5-3-4-6-14-25/h7-8,10-11,19H,3-6,9,12-18H2,1-2H3. The minimum absolute atomic E-state index is 0.190. The van der Waals surface area contributed by atoms with Gasteiger partial charge in [0, 0.05) is 51.7 Å². The van der Waals surface area contributed by atoms with Gasteiger partial charge >= 0.3 is 0 Å². The van der Waals surface area contributed by atoms with Crippen LogP contribution in [0.15, 0.2) is 29.2 Å². The lowest BCUT2D eigenvalue weighted by atomic mass is 10.1. The second-order valence-electron chi connectivity index (χ2n) is 8.47. The Bertz CT molecular complexity index is 761. The van der Waals surface area contributed by atoms with E-state index in [1.807, 2.05) is 17.0 Å². The molecule has 0 spiro atoms. The molecule has 0 N–H and O–H groups in total. The van der Waals surface area contributed by atoms with Crippen molar-refractivity contribution >= 4 is 15.9 Å². The SMILES string of the molecule is CC(C)N1CCN(C(=O)CCc2ccc(S(=O)(=O)N3CCCCCC3)cc2)CC1. The highest BCUT2D eigenvalue weighted by molar-refractivity contribution is 7.89. The number of amides is 1. The number of rotatable bonds is 6. The van der Waals surface area contributed by atoms with E-state index >= 15 is 0 Å². The first-order valence-corrected chi connectivity index (χ1v) is 12.4. The van der Waals surface area contributed by atoms with Crippen LogP contribution in [-0.4, -0.2) is 73.7 Å². The van der Waals surface area contributed by atoms with E-state index in [1.54, 1.807) is 16.4 Å². The van der Waals surface area contributed by atoms with Crippen LogP contribution >= 0.6 is 0 Å². The molecule has 2 aliphatic heterocycles. The number of benzene rings is 1. The summed E-state index contributed by atoms with van der Waals surface area (Å²) in [6.45, 7) is 9.07. The molecule has 0 bridgehead atoms. The van der Waals surface area contributed by atoms with Crippen LogP contribution in [0.5, 0.6) is 0 Å². The van der Waals surface area contributed by atoms with Gasteiger partial charge in [0.25, 0.3) is 0 Å². The molecule has 0 saturated carbocycles. The number of aryl methyl sites for hydroxylation is 1. The number of carbonyl (C=O) groups is 1. The minimum atomic E-state index is -3.41. The van der Waals surface area contributed by atoms with Gasteiger partial charge in [-0.1, -0.05) is 25.0 Å². The van der Waals surface area contributed by atoms with Crippen molar-refractivity contribution < 1.29 is 13.2 Å². The maximum atomic E-state index is 12.9. The molecule has 2 fully saturated rings. The van der Waals surface area contributed by atoms with Gasteiger partial charge in [0.1, 0.15) is 0 Å². The van der Waals surface area contributed by atoms with Gasteiger partial charge in [-0.05, 0) is 50.8 Å². The van der Waals surface area contributed by atoms with Gasteiger partial charge in [0.05, 0.1) is 4.90 Å². The molecule has 6 nitrogen and oxygen atoms in total. The summed E-state index contributed by atoms with van der Waals surface area (Å²) >= 11 is 0. The van der Waals surface area contributed by atoms with Crippen LogP contribution in [0.1, 0.15) is 51.5 Å². The molecular weight excluding hydrogens is 386 g/mol. The van der Waals surface area contributed by atoms with Crippen LogP contribution in [0.2, 0.25) is 0 Å². The van der Waals surface area contributed by atoms with Crippen molar-refractivity contribution in [3.8, 4) is 0 Å². The molecular formula is C22H35N3O3S. The predicted molar refractivity (Wildman–Crippen MR) is 115 cm³/mol. The molecule has 2 heterocycles. The second kappa shape index (κ2) is 10.0. The molecule has 162 valence electrons. The molecule has 0 atom stereocenters. The van der Waals surface area contributed by atoms with Crippen molar-refractivity contribution in [2.24, 2.45) is 0 Å². The van der Waals surface area contributed by atoms with E-state index in [0.717, 1.165) is 57.4 Å². The summed E-state index contributed by atoms with van der Waals surface area (Å²) in [5, 5.41) is 0. The molecule has 2 saturated heterocycles. The van der Waals surface area contributed by atoms with Gasteiger partial charge in [-0.2, -0.15) is 4.31 Å². The number of hydrogen-bond acceptors (Lipinski definition) is 4. The molecule has 0 aromatic heterocycles. The van der Waals surface area contributed by atoms with E-state index < -0.39 is 10.0 Å². The summed E-state index contributed by atoms with van der Waals surface area (Å²) in [5.74, 6) is 0.190. The van der Waals surface area contributed by atoms with Crippen LogP contribution in [0.4, 0.5) is 0 Å². The normalized spacial score (nSPS) is 20.0. The summed E-state index contributed by atoms with van der Waals surface area (Å²) in [5.41, 5.74) is 1.01. The number of piperazine rings is 1. The molecule has 7 heteroatoms. The third-order valence-corrected chi connectivity index (χ3v) is 8.06. The quantitative estimate of drug-likeness (QED) is 0.709. The fourth-order valence-corrected chi connectivity index (χ4v) is 5.67.